The third kappa shape index (κ3) is 8.32. The van der Waals surface area contributed by atoms with E-state index in [4.69, 9.17) is 26.6 Å². The number of halogens is 1. The number of nitriles is 1. The lowest BCUT2D eigenvalue weighted by atomic mass is 9.86. The van der Waals surface area contributed by atoms with Gasteiger partial charge >= 0.3 is 0 Å². The Labute approximate surface area is 331 Å². The minimum absolute atomic E-state index is 0.0125. The van der Waals surface area contributed by atoms with E-state index in [0.717, 1.165) is 101 Å². The standard InChI is InChI=1S/C42H47ClN8O5/c43-36-22-34(8-3-29(36)23-44)56-33-6-1-28(2-7-33)40(53)46-31-4-11-38(45-24-31)50-15-13-27(14-16-50)25-48-17-19-49(20-18-48)32-5-9-35-30(21-32)26-51(42(35)55)37-10-12-39(52)47-41(37)54/h3-5,8-9,11,21-22,24,27-28,33,37H,1-2,6-7,10,12-20,25-26H2,(H,46,53)(H,47,52,54). The summed E-state index contributed by atoms with van der Waals surface area (Å²) in [4.78, 5) is 63.8. The molecule has 1 unspecified atom stereocenters. The van der Waals surface area contributed by atoms with E-state index >= 15 is 0 Å². The first-order chi connectivity index (χ1) is 27.2. The third-order valence-electron chi connectivity index (χ3n) is 12.1. The molecule has 8 rings (SSSR count). The molecule has 3 saturated heterocycles. The summed E-state index contributed by atoms with van der Waals surface area (Å²) in [7, 11) is 0. The van der Waals surface area contributed by atoms with E-state index in [-0.39, 0.29) is 42.1 Å². The van der Waals surface area contributed by atoms with E-state index in [1.165, 1.54) is 0 Å². The first-order valence-corrected chi connectivity index (χ1v) is 20.2. The lowest BCUT2D eigenvalue weighted by molar-refractivity contribution is -0.137. The van der Waals surface area contributed by atoms with Gasteiger partial charge in [0.1, 0.15) is 23.7 Å². The number of piperazine rings is 1. The quantitative estimate of drug-likeness (QED) is 0.285. The average Bonchev–Trinajstić information content (AvgIpc) is 3.54. The second kappa shape index (κ2) is 16.5. The van der Waals surface area contributed by atoms with E-state index in [1.54, 1.807) is 29.3 Å². The number of nitrogens with zero attached hydrogens (tertiary/aromatic N) is 6. The van der Waals surface area contributed by atoms with Gasteiger partial charge in [0.05, 0.1) is 28.6 Å². The zero-order valence-electron chi connectivity index (χ0n) is 31.4. The molecule has 5 heterocycles. The second-order valence-corrected chi connectivity index (χ2v) is 16.1. The number of rotatable bonds is 9. The largest absolute Gasteiger partial charge is 0.490 e. The topological polar surface area (TPSA) is 151 Å². The van der Waals surface area contributed by atoms with Crippen LogP contribution >= 0.6 is 11.6 Å². The number of aromatic nitrogens is 1. The van der Waals surface area contributed by atoms with Crippen LogP contribution in [0.15, 0.2) is 54.7 Å². The van der Waals surface area contributed by atoms with E-state index < -0.39 is 6.04 Å². The van der Waals surface area contributed by atoms with Gasteiger partial charge in [-0.05, 0) is 98.9 Å². The number of pyridine rings is 1. The zero-order chi connectivity index (χ0) is 38.8. The van der Waals surface area contributed by atoms with Gasteiger partial charge in [-0.2, -0.15) is 5.26 Å². The Morgan fingerprint density at radius 3 is 2.39 bits per heavy atom. The lowest BCUT2D eigenvalue weighted by Gasteiger charge is -2.40. The van der Waals surface area contributed by atoms with Gasteiger partial charge in [0.15, 0.2) is 0 Å². The number of piperidine rings is 2. The van der Waals surface area contributed by atoms with Crippen LogP contribution in [0.1, 0.15) is 72.9 Å². The summed E-state index contributed by atoms with van der Waals surface area (Å²) < 4.78 is 6.08. The van der Waals surface area contributed by atoms with E-state index in [9.17, 15) is 19.2 Å². The Kier molecular flexibility index (Phi) is 11.1. The molecule has 4 amide bonds. The van der Waals surface area contributed by atoms with Crippen LogP contribution < -0.4 is 25.2 Å². The summed E-state index contributed by atoms with van der Waals surface area (Å²) in [5, 5.41) is 14.9. The van der Waals surface area contributed by atoms with Crippen LogP contribution in [0.5, 0.6) is 5.75 Å². The van der Waals surface area contributed by atoms with Crippen LogP contribution in [0.3, 0.4) is 0 Å². The Morgan fingerprint density at radius 2 is 1.70 bits per heavy atom. The van der Waals surface area contributed by atoms with Gasteiger partial charge in [-0.25, -0.2) is 4.98 Å². The molecule has 13 nitrogen and oxygen atoms in total. The number of anilines is 3. The monoisotopic (exact) mass is 778 g/mol. The molecule has 2 aromatic carbocycles. The van der Waals surface area contributed by atoms with E-state index in [2.05, 4.69) is 37.5 Å². The second-order valence-electron chi connectivity index (χ2n) is 15.7. The number of nitrogens with one attached hydrogen (secondary N) is 2. The lowest BCUT2D eigenvalue weighted by Crippen LogP contribution is -2.52. The molecule has 292 valence electrons. The molecule has 1 saturated carbocycles. The maximum Gasteiger partial charge on any atom is 0.255 e. The maximum atomic E-state index is 13.1. The van der Waals surface area contributed by atoms with Crippen LogP contribution in [0.25, 0.3) is 0 Å². The molecule has 0 spiro atoms. The molecule has 4 fully saturated rings. The van der Waals surface area contributed by atoms with Crippen LogP contribution in [0.4, 0.5) is 17.2 Å². The fourth-order valence-electron chi connectivity index (χ4n) is 8.84. The highest BCUT2D eigenvalue weighted by molar-refractivity contribution is 6.31. The molecule has 56 heavy (non-hydrogen) atoms. The summed E-state index contributed by atoms with van der Waals surface area (Å²) in [5.41, 5.74) is 3.82. The first kappa shape index (κ1) is 37.7. The van der Waals surface area contributed by atoms with Gasteiger partial charge in [0.2, 0.25) is 17.7 Å². The van der Waals surface area contributed by atoms with Crippen molar-refractivity contribution in [2.45, 2.75) is 70.1 Å². The van der Waals surface area contributed by atoms with Crippen LogP contribution in [0, 0.1) is 23.2 Å². The molecule has 2 N–H and O–H groups in total. The Hall–Kier alpha value is -5.19. The average molecular weight is 779 g/mol. The molecule has 1 atom stereocenters. The van der Waals surface area contributed by atoms with Crippen molar-refractivity contribution in [1.29, 1.82) is 5.26 Å². The molecule has 1 aliphatic carbocycles. The molecule has 5 aliphatic rings. The predicted octanol–water partition coefficient (Wildman–Crippen LogP) is 4.98. The van der Waals surface area contributed by atoms with Gasteiger partial charge in [-0.1, -0.05) is 11.6 Å². The zero-order valence-corrected chi connectivity index (χ0v) is 32.2. The molecule has 4 aliphatic heterocycles. The molecule has 0 radical (unpaired) electrons. The molecule has 0 bridgehead atoms. The number of imide groups is 1. The number of benzene rings is 2. The number of carbonyl (C=O) groups is 4. The Balaban J connectivity index is 0.742. The number of hydrogen-bond donors (Lipinski definition) is 2. The summed E-state index contributed by atoms with van der Waals surface area (Å²) in [6.07, 6.45) is 7.62. The molecule has 14 heteroatoms. The third-order valence-corrected chi connectivity index (χ3v) is 12.4. The van der Waals surface area contributed by atoms with Crippen molar-refractivity contribution in [3.63, 3.8) is 0 Å². The minimum atomic E-state index is -0.601. The van der Waals surface area contributed by atoms with Crippen molar-refractivity contribution in [1.82, 2.24) is 20.1 Å². The van der Waals surface area contributed by atoms with E-state index in [1.807, 2.05) is 24.3 Å². The van der Waals surface area contributed by atoms with Crippen molar-refractivity contribution in [2.75, 3.05) is 60.9 Å². The van der Waals surface area contributed by atoms with Crippen molar-refractivity contribution in [2.24, 2.45) is 11.8 Å². The number of hydrogen-bond acceptors (Lipinski definition) is 10. The van der Waals surface area contributed by atoms with Gasteiger partial charge in [-0.3, -0.25) is 29.4 Å². The number of amides is 4. The fraction of sp³-hybridized carbons (Fsp3) is 0.476. The molecule has 1 aromatic heterocycles. The van der Waals surface area contributed by atoms with Crippen molar-refractivity contribution in [3.05, 3.63) is 76.4 Å². The normalized spacial score (nSPS) is 23.4. The highest BCUT2D eigenvalue weighted by Gasteiger charge is 2.39. The number of carbonyl (C=O) groups excluding carboxylic acids is 4. The number of fused-ring (bicyclic) bond motifs is 1. The Morgan fingerprint density at radius 1 is 0.911 bits per heavy atom. The van der Waals surface area contributed by atoms with Gasteiger partial charge < -0.3 is 24.8 Å². The summed E-state index contributed by atoms with van der Waals surface area (Å²) >= 11 is 6.15. The van der Waals surface area contributed by atoms with E-state index in [0.29, 0.717) is 46.5 Å². The fourth-order valence-corrected chi connectivity index (χ4v) is 9.06. The number of ether oxygens (including phenoxy) is 1. The summed E-state index contributed by atoms with van der Waals surface area (Å²) in [6.45, 7) is 7.17. The SMILES string of the molecule is N#Cc1ccc(OC2CCC(C(=O)Nc3ccc(N4CCC(CN5CCN(c6ccc7c(c6)CN(C6CCC(=O)NC6=O)C7=O)CC5)CC4)nc3)CC2)cc1Cl. The highest BCUT2D eigenvalue weighted by atomic mass is 35.5. The van der Waals surface area contributed by atoms with Gasteiger partial charge in [0.25, 0.3) is 5.91 Å². The Bertz CT molecular complexity index is 2010. The molecule has 3 aromatic rings. The van der Waals surface area contributed by atoms with Gasteiger partial charge in [-0.15, -0.1) is 0 Å². The summed E-state index contributed by atoms with van der Waals surface area (Å²) in [6, 6.07) is 16.5. The molecular formula is C42H47ClN8O5. The van der Waals surface area contributed by atoms with Crippen LogP contribution in [0.2, 0.25) is 5.02 Å². The first-order valence-electron chi connectivity index (χ1n) is 19.8. The van der Waals surface area contributed by atoms with Crippen LogP contribution in [-0.4, -0.2) is 96.4 Å². The molecular weight excluding hydrogens is 732 g/mol. The minimum Gasteiger partial charge on any atom is -0.490 e. The summed E-state index contributed by atoms with van der Waals surface area (Å²) in [5.74, 6) is 1.35. The predicted molar refractivity (Wildman–Crippen MR) is 211 cm³/mol. The van der Waals surface area contributed by atoms with Crippen molar-refractivity contribution in [3.8, 4) is 11.8 Å². The highest BCUT2D eigenvalue weighted by Crippen LogP contribution is 2.33. The van der Waals surface area contributed by atoms with Gasteiger partial charge in [0, 0.05) is 82.0 Å². The van der Waals surface area contributed by atoms with Crippen LogP contribution in [-0.2, 0) is 20.9 Å². The maximum absolute atomic E-state index is 13.1. The van der Waals surface area contributed by atoms with Crippen molar-refractivity contribution >= 4 is 52.4 Å². The smallest absolute Gasteiger partial charge is 0.255 e. The van der Waals surface area contributed by atoms with Crippen molar-refractivity contribution < 1.29 is 23.9 Å².